The first-order valence-electron chi connectivity index (χ1n) is 9.71. The van der Waals surface area contributed by atoms with E-state index in [0.717, 1.165) is 28.1 Å². The van der Waals surface area contributed by atoms with Crippen LogP contribution in [0.5, 0.6) is 11.5 Å². The smallest absolute Gasteiger partial charge is 0.147 e. The second-order valence-electron chi connectivity index (χ2n) is 7.46. The lowest BCUT2D eigenvalue weighted by molar-refractivity contribution is 0.415. The Balaban J connectivity index is 2.05. The molecule has 0 saturated heterocycles. The quantitative estimate of drug-likeness (QED) is 0.439. The molecule has 4 aromatic rings. The van der Waals surface area contributed by atoms with Gasteiger partial charge in [-0.3, -0.25) is 0 Å². The van der Waals surface area contributed by atoms with Gasteiger partial charge in [-0.15, -0.1) is 0 Å². The number of ether oxygens (including phenoxy) is 1. The second-order valence-corrected chi connectivity index (χ2v) is 7.46. The summed E-state index contributed by atoms with van der Waals surface area (Å²) in [6, 6.07) is 20.2. The van der Waals surface area contributed by atoms with Gasteiger partial charge in [0.25, 0.3) is 0 Å². The molecular weight excluding hydrogens is 358 g/mol. The SMILES string of the molecule is COc1ccccc1-c1cc(-c2c(C)cc(C)cc2C)cc(-n2cccc2)c1O. The van der Waals surface area contributed by atoms with Crippen molar-refractivity contribution in [3.63, 3.8) is 0 Å². The van der Waals surface area contributed by atoms with Crippen LogP contribution in [0.1, 0.15) is 16.7 Å². The Kier molecular flexibility index (Phi) is 4.89. The lowest BCUT2D eigenvalue weighted by Gasteiger charge is -2.18. The topological polar surface area (TPSA) is 34.4 Å². The molecule has 0 aliphatic heterocycles. The van der Waals surface area contributed by atoms with Crippen molar-refractivity contribution in [1.29, 1.82) is 0 Å². The molecule has 3 aromatic carbocycles. The number of aromatic hydroxyl groups is 1. The van der Waals surface area contributed by atoms with E-state index in [1.54, 1.807) is 7.11 Å². The van der Waals surface area contributed by atoms with Gasteiger partial charge in [0.2, 0.25) is 0 Å². The highest BCUT2D eigenvalue weighted by Crippen LogP contribution is 2.43. The maximum absolute atomic E-state index is 11.2. The summed E-state index contributed by atoms with van der Waals surface area (Å²) < 4.78 is 7.52. The zero-order valence-electron chi connectivity index (χ0n) is 17.2. The van der Waals surface area contributed by atoms with Crippen LogP contribution in [0.15, 0.2) is 73.1 Å². The zero-order chi connectivity index (χ0) is 20.5. The van der Waals surface area contributed by atoms with E-state index >= 15 is 0 Å². The molecule has 1 N–H and O–H groups in total. The standard InChI is InChI=1S/C26H25NO2/c1-17-13-18(2)25(19(3)14-17)20-15-22(21-9-5-6-10-24(21)29-4)26(28)23(16-20)27-11-7-8-12-27/h5-16,28H,1-4H3. The van der Waals surface area contributed by atoms with Crippen LogP contribution in [-0.4, -0.2) is 16.8 Å². The van der Waals surface area contributed by atoms with Crippen molar-refractivity contribution < 1.29 is 9.84 Å². The summed E-state index contributed by atoms with van der Waals surface area (Å²) in [4.78, 5) is 0. The van der Waals surface area contributed by atoms with Gasteiger partial charge >= 0.3 is 0 Å². The third kappa shape index (κ3) is 3.40. The van der Waals surface area contributed by atoms with Crippen LogP contribution in [0.2, 0.25) is 0 Å². The molecule has 1 aromatic heterocycles. The Labute approximate surface area is 171 Å². The van der Waals surface area contributed by atoms with Crippen molar-refractivity contribution in [1.82, 2.24) is 4.57 Å². The molecule has 0 aliphatic carbocycles. The van der Waals surface area contributed by atoms with E-state index in [-0.39, 0.29) is 5.75 Å². The number of hydrogen-bond donors (Lipinski definition) is 1. The van der Waals surface area contributed by atoms with Crippen molar-refractivity contribution in [3.8, 4) is 39.4 Å². The van der Waals surface area contributed by atoms with Crippen molar-refractivity contribution in [2.24, 2.45) is 0 Å². The van der Waals surface area contributed by atoms with Crippen LogP contribution >= 0.6 is 0 Å². The van der Waals surface area contributed by atoms with Gasteiger partial charge in [0.1, 0.15) is 11.5 Å². The van der Waals surface area contributed by atoms with Crippen LogP contribution in [0.3, 0.4) is 0 Å². The highest BCUT2D eigenvalue weighted by Gasteiger charge is 2.18. The molecule has 0 fully saturated rings. The maximum Gasteiger partial charge on any atom is 0.147 e. The minimum Gasteiger partial charge on any atom is -0.505 e. The average molecular weight is 383 g/mol. The molecule has 146 valence electrons. The van der Waals surface area contributed by atoms with Crippen molar-refractivity contribution in [3.05, 3.63) is 89.7 Å². The molecule has 0 unspecified atom stereocenters. The first kappa shape index (κ1) is 18.9. The summed E-state index contributed by atoms with van der Waals surface area (Å²) in [6.07, 6.45) is 3.89. The highest BCUT2D eigenvalue weighted by atomic mass is 16.5. The normalized spacial score (nSPS) is 10.9. The summed E-state index contributed by atoms with van der Waals surface area (Å²) in [7, 11) is 1.65. The number of phenols is 1. The Bertz CT molecular complexity index is 1150. The first-order valence-corrected chi connectivity index (χ1v) is 9.71. The van der Waals surface area contributed by atoms with E-state index in [2.05, 4.69) is 45.0 Å². The molecule has 3 heteroatoms. The number of aromatic nitrogens is 1. The molecule has 0 atom stereocenters. The monoisotopic (exact) mass is 383 g/mol. The Morgan fingerprint density at radius 1 is 0.793 bits per heavy atom. The molecule has 0 aliphatic rings. The van der Waals surface area contributed by atoms with Gasteiger partial charge in [-0.25, -0.2) is 0 Å². The summed E-state index contributed by atoms with van der Waals surface area (Å²) in [5.41, 5.74) is 8.32. The number of para-hydroxylation sites is 1. The van der Waals surface area contributed by atoms with Gasteiger partial charge < -0.3 is 14.4 Å². The number of methoxy groups -OCH3 is 1. The minimum absolute atomic E-state index is 0.233. The van der Waals surface area contributed by atoms with E-state index in [0.29, 0.717) is 0 Å². The lowest BCUT2D eigenvalue weighted by Crippen LogP contribution is -1.97. The number of nitrogens with zero attached hydrogens (tertiary/aromatic N) is 1. The molecule has 0 spiro atoms. The number of phenolic OH excluding ortho intramolecular Hbond substituents is 1. The van der Waals surface area contributed by atoms with E-state index in [1.807, 2.05) is 53.4 Å². The van der Waals surface area contributed by atoms with Crippen LogP contribution < -0.4 is 4.74 Å². The molecule has 3 nitrogen and oxygen atoms in total. The molecular formula is C26H25NO2. The first-order chi connectivity index (χ1) is 14.0. The van der Waals surface area contributed by atoms with Crippen LogP contribution in [-0.2, 0) is 0 Å². The fourth-order valence-electron chi connectivity index (χ4n) is 4.16. The Hall–Kier alpha value is -3.46. The van der Waals surface area contributed by atoms with Crippen LogP contribution in [0.4, 0.5) is 0 Å². The fraction of sp³-hybridized carbons (Fsp3) is 0.154. The summed E-state index contributed by atoms with van der Waals surface area (Å²) in [5, 5.41) is 11.2. The minimum atomic E-state index is 0.233. The van der Waals surface area contributed by atoms with Crippen molar-refractivity contribution in [2.45, 2.75) is 20.8 Å². The molecule has 1 heterocycles. The number of benzene rings is 3. The van der Waals surface area contributed by atoms with E-state index in [9.17, 15) is 5.11 Å². The predicted octanol–water partition coefficient (Wildman–Crippen LogP) is 6.45. The Morgan fingerprint density at radius 2 is 1.45 bits per heavy atom. The highest BCUT2D eigenvalue weighted by molar-refractivity contribution is 5.86. The molecule has 0 radical (unpaired) electrons. The second kappa shape index (κ2) is 7.51. The third-order valence-electron chi connectivity index (χ3n) is 5.34. The van der Waals surface area contributed by atoms with Gasteiger partial charge in [0, 0.05) is 23.5 Å². The summed E-state index contributed by atoms with van der Waals surface area (Å²) in [5.74, 6) is 0.965. The molecule has 0 amide bonds. The van der Waals surface area contributed by atoms with Gasteiger partial charge in [0.05, 0.1) is 12.8 Å². The fourth-order valence-corrected chi connectivity index (χ4v) is 4.16. The number of rotatable bonds is 4. The van der Waals surface area contributed by atoms with Crippen molar-refractivity contribution in [2.75, 3.05) is 7.11 Å². The van der Waals surface area contributed by atoms with Crippen LogP contribution in [0, 0.1) is 20.8 Å². The number of hydrogen-bond acceptors (Lipinski definition) is 2. The summed E-state index contributed by atoms with van der Waals surface area (Å²) >= 11 is 0. The van der Waals surface area contributed by atoms with Gasteiger partial charge in [-0.2, -0.15) is 0 Å². The predicted molar refractivity (Wildman–Crippen MR) is 119 cm³/mol. The molecule has 0 bridgehead atoms. The van der Waals surface area contributed by atoms with E-state index in [4.69, 9.17) is 4.74 Å². The van der Waals surface area contributed by atoms with Gasteiger partial charge in [0.15, 0.2) is 0 Å². The zero-order valence-corrected chi connectivity index (χ0v) is 17.2. The lowest BCUT2D eigenvalue weighted by atomic mass is 9.90. The molecule has 4 rings (SSSR count). The summed E-state index contributed by atoms with van der Waals surface area (Å²) in [6.45, 7) is 6.40. The van der Waals surface area contributed by atoms with E-state index in [1.165, 1.54) is 22.3 Å². The molecule has 0 saturated carbocycles. The van der Waals surface area contributed by atoms with Crippen LogP contribution in [0.25, 0.3) is 27.9 Å². The largest absolute Gasteiger partial charge is 0.505 e. The third-order valence-corrected chi connectivity index (χ3v) is 5.34. The van der Waals surface area contributed by atoms with Crippen molar-refractivity contribution >= 4 is 0 Å². The average Bonchev–Trinajstić information content (AvgIpc) is 3.22. The van der Waals surface area contributed by atoms with Gasteiger partial charge in [-0.1, -0.05) is 35.9 Å². The maximum atomic E-state index is 11.2. The molecule has 29 heavy (non-hydrogen) atoms. The number of aryl methyl sites for hydroxylation is 3. The van der Waals surface area contributed by atoms with E-state index < -0.39 is 0 Å². The Morgan fingerprint density at radius 3 is 2.10 bits per heavy atom. The van der Waals surface area contributed by atoms with Gasteiger partial charge in [-0.05, 0) is 73.4 Å².